The predicted molar refractivity (Wildman–Crippen MR) is 51.8 cm³/mol. The van der Waals surface area contributed by atoms with E-state index >= 15 is 0 Å². The highest BCUT2D eigenvalue weighted by atomic mass is 14.9. The molecule has 0 saturated carbocycles. The van der Waals surface area contributed by atoms with Crippen molar-refractivity contribution in [2.75, 3.05) is 7.05 Å². The summed E-state index contributed by atoms with van der Waals surface area (Å²) in [6.07, 6.45) is 8.39. The molecule has 0 amide bonds. The van der Waals surface area contributed by atoms with E-state index in [1.54, 1.807) is 0 Å². The summed E-state index contributed by atoms with van der Waals surface area (Å²) in [6, 6.07) is 0.652. The van der Waals surface area contributed by atoms with Gasteiger partial charge in [0.2, 0.25) is 0 Å². The Balaban J connectivity index is 3.27. The molecule has 1 atom stereocenters. The molecule has 1 unspecified atom stereocenters. The first kappa shape index (κ1) is 10.7. The van der Waals surface area contributed by atoms with Crippen LogP contribution in [0.1, 0.15) is 39.0 Å². The minimum absolute atomic E-state index is 0.652. The molecule has 0 rings (SSSR count). The van der Waals surface area contributed by atoms with E-state index in [9.17, 15) is 0 Å². The Morgan fingerprint density at radius 3 is 2.64 bits per heavy atom. The number of rotatable bonds is 7. The van der Waals surface area contributed by atoms with Gasteiger partial charge < -0.3 is 5.32 Å². The Hall–Kier alpha value is -0.300. The molecule has 0 aliphatic heterocycles. The highest BCUT2D eigenvalue weighted by Crippen LogP contribution is 2.05. The average molecular weight is 155 g/mol. The van der Waals surface area contributed by atoms with Crippen LogP contribution >= 0.6 is 0 Å². The van der Waals surface area contributed by atoms with Crippen molar-refractivity contribution in [2.24, 2.45) is 0 Å². The maximum absolute atomic E-state index is 3.74. The van der Waals surface area contributed by atoms with Gasteiger partial charge in [-0.1, -0.05) is 32.3 Å². The highest BCUT2D eigenvalue weighted by Gasteiger charge is 2.01. The van der Waals surface area contributed by atoms with Gasteiger partial charge in [0.25, 0.3) is 0 Å². The smallest absolute Gasteiger partial charge is 0.00984 e. The maximum atomic E-state index is 3.74. The topological polar surface area (TPSA) is 12.0 Å². The lowest BCUT2D eigenvalue weighted by Gasteiger charge is -2.12. The molecule has 1 N–H and O–H groups in total. The van der Waals surface area contributed by atoms with Crippen molar-refractivity contribution in [1.82, 2.24) is 5.32 Å². The lowest BCUT2D eigenvalue weighted by molar-refractivity contribution is 0.497. The summed E-state index contributed by atoms with van der Waals surface area (Å²) < 4.78 is 0. The first-order valence-electron chi connectivity index (χ1n) is 4.63. The van der Waals surface area contributed by atoms with Crippen LogP contribution in [0, 0.1) is 0 Å². The van der Waals surface area contributed by atoms with E-state index in [1.807, 2.05) is 13.1 Å². The second-order valence-corrected chi connectivity index (χ2v) is 3.01. The second kappa shape index (κ2) is 7.80. The van der Waals surface area contributed by atoms with E-state index in [0.717, 1.165) is 6.42 Å². The van der Waals surface area contributed by atoms with E-state index < -0.39 is 0 Å². The van der Waals surface area contributed by atoms with Crippen LogP contribution in [0.4, 0.5) is 0 Å². The summed E-state index contributed by atoms with van der Waals surface area (Å²) >= 11 is 0. The van der Waals surface area contributed by atoms with Crippen molar-refractivity contribution in [1.29, 1.82) is 0 Å². The molecule has 0 aromatic rings. The molecule has 0 saturated heterocycles. The molecule has 1 nitrogen and oxygen atoms in total. The van der Waals surface area contributed by atoms with Gasteiger partial charge in [0.05, 0.1) is 0 Å². The third kappa shape index (κ3) is 6.11. The Morgan fingerprint density at radius 2 is 2.18 bits per heavy atom. The predicted octanol–water partition coefficient (Wildman–Crippen LogP) is 2.73. The monoisotopic (exact) mass is 155 g/mol. The third-order valence-electron chi connectivity index (χ3n) is 2.02. The standard InChI is InChI=1S/C10H21N/c1-4-6-7-9-10(11-3)8-5-2/h5,10-11H,2,4,6-9H2,1,3H3. The maximum Gasteiger partial charge on any atom is 0.00984 e. The zero-order valence-electron chi connectivity index (χ0n) is 7.90. The first-order valence-corrected chi connectivity index (χ1v) is 4.63. The van der Waals surface area contributed by atoms with Crippen LogP contribution in [-0.2, 0) is 0 Å². The quantitative estimate of drug-likeness (QED) is 0.440. The van der Waals surface area contributed by atoms with Crippen LogP contribution in [0.15, 0.2) is 12.7 Å². The molecular weight excluding hydrogens is 134 g/mol. The Morgan fingerprint density at radius 1 is 1.45 bits per heavy atom. The minimum atomic E-state index is 0.652. The van der Waals surface area contributed by atoms with Gasteiger partial charge in [-0.3, -0.25) is 0 Å². The Labute approximate surface area is 70.9 Å². The van der Waals surface area contributed by atoms with Crippen LogP contribution in [0.25, 0.3) is 0 Å². The molecule has 11 heavy (non-hydrogen) atoms. The molecule has 0 aromatic heterocycles. The number of hydrogen-bond acceptors (Lipinski definition) is 1. The van der Waals surface area contributed by atoms with Crippen LogP contribution in [0.2, 0.25) is 0 Å². The van der Waals surface area contributed by atoms with E-state index in [2.05, 4.69) is 18.8 Å². The van der Waals surface area contributed by atoms with E-state index in [-0.39, 0.29) is 0 Å². The largest absolute Gasteiger partial charge is 0.317 e. The highest BCUT2D eigenvalue weighted by molar-refractivity contribution is 4.76. The van der Waals surface area contributed by atoms with Crippen LogP contribution < -0.4 is 5.32 Å². The molecule has 0 heterocycles. The van der Waals surface area contributed by atoms with Gasteiger partial charge >= 0.3 is 0 Å². The normalized spacial score (nSPS) is 12.9. The van der Waals surface area contributed by atoms with E-state index in [1.165, 1.54) is 25.7 Å². The molecule has 0 bridgehead atoms. The number of nitrogens with one attached hydrogen (secondary N) is 1. The minimum Gasteiger partial charge on any atom is -0.317 e. The van der Waals surface area contributed by atoms with Crippen molar-refractivity contribution < 1.29 is 0 Å². The summed E-state index contributed by atoms with van der Waals surface area (Å²) in [5.74, 6) is 0. The van der Waals surface area contributed by atoms with Crippen LogP contribution in [0.3, 0.4) is 0 Å². The fourth-order valence-electron chi connectivity index (χ4n) is 1.22. The van der Waals surface area contributed by atoms with Crippen molar-refractivity contribution in [2.45, 2.75) is 45.1 Å². The fourth-order valence-corrected chi connectivity index (χ4v) is 1.22. The molecule has 0 aliphatic carbocycles. The second-order valence-electron chi connectivity index (χ2n) is 3.01. The lowest BCUT2D eigenvalue weighted by Crippen LogP contribution is -2.24. The van der Waals surface area contributed by atoms with Gasteiger partial charge in [0, 0.05) is 6.04 Å². The zero-order chi connectivity index (χ0) is 8.53. The Bertz CT molecular complexity index is 88.9. The van der Waals surface area contributed by atoms with Gasteiger partial charge in [0.15, 0.2) is 0 Å². The summed E-state index contributed by atoms with van der Waals surface area (Å²) in [4.78, 5) is 0. The molecule has 0 aliphatic rings. The SMILES string of the molecule is C=CCC(CCCCC)NC. The molecule has 0 aromatic carbocycles. The van der Waals surface area contributed by atoms with Gasteiger partial charge in [-0.2, -0.15) is 0 Å². The van der Waals surface area contributed by atoms with Gasteiger partial charge in [-0.15, -0.1) is 6.58 Å². The van der Waals surface area contributed by atoms with Gasteiger partial charge in [-0.05, 0) is 19.9 Å². The zero-order valence-corrected chi connectivity index (χ0v) is 7.90. The first-order chi connectivity index (χ1) is 5.35. The summed E-state index contributed by atoms with van der Waals surface area (Å²) in [7, 11) is 2.03. The van der Waals surface area contributed by atoms with Gasteiger partial charge in [-0.25, -0.2) is 0 Å². The molecule has 66 valence electrons. The van der Waals surface area contributed by atoms with Crippen LogP contribution in [0.5, 0.6) is 0 Å². The molecule has 0 fully saturated rings. The number of unbranched alkanes of at least 4 members (excludes halogenated alkanes) is 2. The molecule has 0 spiro atoms. The molecule has 1 heteroatoms. The van der Waals surface area contributed by atoms with Crippen molar-refractivity contribution in [3.05, 3.63) is 12.7 Å². The van der Waals surface area contributed by atoms with Crippen molar-refractivity contribution in [3.63, 3.8) is 0 Å². The lowest BCUT2D eigenvalue weighted by atomic mass is 10.1. The van der Waals surface area contributed by atoms with Crippen LogP contribution in [-0.4, -0.2) is 13.1 Å². The van der Waals surface area contributed by atoms with Crippen molar-refractivity contribution >= 4 is 0 Å². The van der Waals surface area contributed by atoms with Crippen molar-refractivity contribution in [3.8, 4) is 0 Å². The Kier molecular flexibility index (Phi) is 7.59. The van der Waals surface area contributed by atoms with E-state index in [4.69, 9.17) is 0 Å². The summed E-state index contributed by atoms with van der Waals surface area (Å²) in [5.41, 5.74) is 0. The molecular formula is C10H21N. The average Bonchev–Trinajstić information content (AvgIpc) is 2.03. The molecule has 0 radical (unpaired) electrons. The third-order valence-corrected chi connectivity index (χ3v) is 2.02. The summed E-state index contributed by atoms with van der Waals surface area (Å²) in [5, 5.41) is 3.29. The van der Waals surface area contributed by atoms with E-state index in [0.29, 0.717) is 6.04 Å². The fraction of sp³-hybridized carbons (Fsp3) is 0.800. The number of hydrogen-bond donors (Lipinski definition) is 1. The summed E-state index contributed by atoms with van der Waals surface area (Å²) in [6.45, 7) is 5.97. The van der Waals surface area contributed by atoms with Gasteiger partial charge in [0.1, 0.15) is 0 Å².